The molecule has 5 nitrogen and oxygen atoms in total. The molecule has 0 aliphatic carbocycles. The van der Waals surface area contributed by atoms with Gasteiger partial charge in [-0.15, -0.1) is 0 Å². The van der Waals surface area contributed by atoms with Gasteiger partial charge >= 0.3 is 0 Å². The molecular formula is C18H23BrN4O. The monoisotopic (exact) mass is 390 g/mol. The highest BCUT2D eigenvalue weighted by Crippen LogP contribution is 2.18. The summed E-state index contributed by atoms with van der Waals surface area (Å²) in [5, 5.41) is 20.4. The average molecular weight is 391 g/mol. The van der Waals surface area contributed by atoms with Crippen LogP contribution in [0.1, 0.15) is 12.0 Å². The van der Waals surface area contributed by atoms with Gasteiger partial charge < -0.3 is 31.5 Å². The number of nitriles is 2. The van der Waals surface area contributed by atoms with Gasteiger partial charge in [0.2, 0.25) is 0 Å². The topological polar surface area (TPSA) is 68.8 Å². The van der Waals surface area contributed by atoms with Gasteiger partial charge in [-0.25, -0.2) is 0 Å². The first-order valence-corrected chi connectivity index (χ1v) is 7.98. The van der Waals surface area contributed by atoms with Crippen molar-refractivity contribution in [1.82, 2.24) is 5.32 Å². The molecular weight excluding hydrogens is 368 g/mol. The lowest BCUT2D eigenvalue weighted by atomic mass is 10.1. The molecule has 24 heavy (non-hydrogen) atoms. The summed E-state index contributed by atoms with van der Waals surface area (Å²) >= 11 is 0. The summed E-state index contributed by atoms with van der Waals surface area (Å²) in [6, 6.07) is 14.3. The van der Waals surface area contributed by atoms with Crippen molar-refractivity contribution in [2.24, 2.45) is 0 Å². The van der Waals surface area contributed by atoms with E-state index >= 15 is 0 Å². The summed E-state index contributed by atoms with van der Waals surface area (Å²) in [4.78, 5) is 0. The molecule has 1 heterocycles. The maximum absolute atomic E-state index is 8.69. The van der Waals surface area contributed by atoms with Crippen LogP contribution in [0.15, 0.2) is 42.1 Å². The molecule has 2 rings (SSSR count). The summed E-state index contributed by atoms with van der Waals surface area (Å²) < 4.78 is 6.58. The summed E-state index contributed by atoms with van der Waals surface area (Å²) in [6.45, 7) is 6.55. The van der Waals surface area contributed by atoms with Gasteiger partial charge in [0.15, 0.2) is 0 Å². The predicted molar refractivity (Wildman–Crippen MR) is 87.8 cm³/mol. The molecule has 1 aromatic rings. The van der Waals surface area contributed by atoms with E-state index in [2.05, 4.69) is 29.6 Å². The van der Waals surface area contributed by atoms with Crippen LogP contribution >= 0.6 is 0 Å². The number of rotatable bonds is 7. The molecule has 6 heteroatoms. The molecule has 1 fully saturated rings. The summed E-state index contributed by atoms with van der Waals surface area (Å²) in [6.07, 6.45) is 2.49. The largest absolute Gasteiger partial charge is 1.00 e. The number of benzene rings is 1. The molecule has 128 valence electrons. The van der Waals surface area contributed by atoms with E-state index in [-0.39, 0.29) is 22.6 Å². The van der Waals surface area contributed by atoms with E-state index in [0.717, 1.165) is 56.8 Å². The Morgan fingerprint density at radius 2 is 1.83 bits per heavy atom. The Morgan fingerprint density at radius 3 is 2.46 bits per heavy atom. The second-order valence-electron chi connectivity index (χ2n) is 5.86. The smallest absolute Gasteiger partial charge is 0.145 e. The number of halogens is 1. The molecule has 0 bridgehead atoms. The SMILES string of the molecule is N#CC(C#N)=CNCCC[N+]1(Cc2ccccc2)CCOCC1.[Br-]. The molecule has 0 spiro atoms. The van der Waals surface area contributed by atoms with Crippen molar-refractivity contribution in [3.8, 4) is 12.1 Å². The fourth-order valence-electron chi connectivity index (χ4n) is 2.94. The normalized spacial score (nSPS) is 15.2. The Kier molecular flexibility index (Phi) is 9.11. The second-order valence-corrected chi connectivity index (χ2v) is 5.86. The van der Waals surface area contributed by atoms with Gasteiger partial charge in [0.25, 0.3) is 0 Å². The van der Waals surface area contributed by atoms with Gasteiger partial charge in [0.1, 0.15) is 37.3 Å². The molecule has 1 aliphatic heterocycles. The Hall–Kier alpha value is -1.86. The van der Waals surface area contributed by atoms with E-state index in [0.29, 0.717) is 0 Å². The highest BCUT2D eigenvalue weighted by molar-refractivity contribution is 5.34. The first-order chi connectivity index (χ1) is 11.3. The molecule has 1 aromatic carbocycles. The molecule has 1 saturated heterocycles. The van der Waals surface area contributed by atoms with E-state index in [4.69, 9.17) is 15.3 Å². The predicted octanol–water partition coefficient (Wildman–Crippen LogP) is -1.05. The van der Waals surface area contributed by atoms with E-state index < -0.39 is 0 Å². The number of quaternary nitrogens is 1. The number of nitrogens with zero attached hydrogens (tertiary/aromatic N) is 3. The first kappa shape index (κ1) is 20.2. The minimum absolute atomic E-state index is 0. The van der Waals surface area contributed by atoms with Crippen LogP contribution in [0.3, 0.4) is 0 Å². The van der Waals surface area contributed by atoms with Crippen molar-refractivity contribution >= 4 is 0 Å². The third kappa shape index (κ3) is 6.33. The summed E-state index contributed by atoms with van der Waals surface area (Å²) in [5.74, 6) is 0. The lowest BCUT2D eigenvalue weighted by molar-refractivity contribution is -0.947. The van der Waals surface area contributed by atoms with E-state index in [1.807, 2.05) is 18.2 Å². The van der Waals surface area contributed by atoms with Gasteiger partial charge in [-0.3, -0.25) is 0 Å². The number of allylic oxidation sites excluding steroid dienone is 1. The van der Waals surface area contributed by atoms with Crippen molar-refractivity contribution in [3.63, 3.8) is 0 Å². The van der Waals surface area contributed by atoms with Crippen LogP contribution in [-0.4, -0.2) is 43.9 Å². The van der Waals surface area contributed by atoms with Crippen LogP contribution in [0.4, 0.5) is 0 Å². The summed E-state index contributed by atoms with van der Waals surface area (Å²) in [7, 11) is 0. The number of morpholine rings is 1. The highest BCUT2D eigenvalue weighted by Gasteiger charge is 2.30. The third-order valence-electron chi connectivity index (χ3n) is 4.22. The van der Waals surface area contributed by atoms with Gasteiger partial charge in [-0.05, 0) is 0 Å². The number of nitrogens with one attached hydrogen (secondary N) is 1. The molecule has 0 aromatic heterocycles. The van der Waals surface area contributed by atoms with Gasteiger partial charge in [-0.1, -0.05) is 30.3 Å². The van der Waals surface area contributed by atoms with Crippen LogP contribution in [0.5, 0.6) is 0 Å². The van der Waals surface area contributed by atoms with Crippen molar-refractivity contribution in [2.45, 2.75) is 13.0 Å². The summed E-state index contributed by atoms with van der Waals surface area (Å²) in [5.41, 5.74) is 1.48. The van der Waals surface area contributed by atoms with Crippen molar-refractivity contribution in [1.29, 1.82) is 10.5 Å². The maximum Gasteiger partial charge on any atom is 0.145 e. The average Bonchev–Trinajstić information content (AvgIpc) is 2.60. The molecule has 0 atom stereocenters. The zero-order chi connectivity index (χ0) is 16.4. The Bertz CT molecular complexity index is 582. The van der Waals surface area contributed by atoms with Crippen molar-refractivity contribution in [3.05, 3.63) is 47.7 Å². The Morgan fingerprint density at radius 1 is 1.17 bits per heavy atom. The first-order valence-electron chi connectivity index (χ1n) is 7.98. The Labute approximate surface area is 154 Å². The maximum atomic E-state index is 8.69. The molecule has 0 amide bonds. The zero-order valence-electron chi connectivity index (χ0n) is 13.7. The fourth-order valence-corrected chi connectivity index (χ4v) is 2.94. The standard InChI is InChI=1S/C18H23N4O.BrH/c19-13-18(14-20)15-21-7-4-8-22(9-11-23-12-10-22)16-17-5-2-1-3-6-17;/h1-3,5-6,15,21H,4,7-12,16H2;1H/q+1;/p-1. The Balaban J connectivity index is 0.00000288. The zero-order valence-corrected chi connectivity index (χ0v) is 15.3. The molecule has 1 N–H and O–H groups in total. The van der Waals surface area contributed by atoms with E-state index in [1.165, 1.54) is 11.8 Å². The molecule has 0 radical (unpaired) electrons. The number of hydrogen-bond donors (Lipinski definition) is 1. The number of hydrogen-bond acceptors (Lipinski definition) is 4. The van der Waals surface area contributed by atoms with Crippen LogP contribution in [0.25, 0.3) is 0 Å². The van der Waals surface area contributed by atoms with Gasteiger partial charge in [0.05, 0.1) is 19.8 Å². The molecule has 0 unspecified atom stereocenters. The lowest BCUT2D eigenvalue weighted by Gasteiger charge is -2.41. The lowest BCUT2D eigenvalue weighted by Crippen LogP contribution is -3.00. The van der Waals surface area contributed by atoms with Crippen LogP contribution in [0, 0.1) is 22.7 Å². The highest BCUT2D eigenvalue weighted by atomic mass is 79.9. The number of ether oxygens (including phenoxy) is 1. The van der Waals surface area contributed by atoms with E-state index in [9.17, 15) is 0 Å². The molecule has 0 saturated carbocycles. The van der Waals surface area contributed by atoms with Gasteiger partial charge in [-0.2, -0.15) is 10.5 Å². The fraction of sp³-hybridized carbons (Fsp3) is 0.444. The minimum atomic E-state index is 0. The van der Waals surface area contributed by atoms with E-state index in [1.54, 1.807) is 0 Å². The minimum Gasteiger partial charge on any atom is -1.00 e. The van der Waals surface area contributed by atoms with Crippen LogP contribution in [0.2, 0.25) is 0 Å². The van der Waals surface area contributed by atoms with Crippen molar-refractivity contribution in [2.75, 3.05) is 39.4 Å². The van der Waals surface area contributed by atoms with Crippen LogP contribution < -0.4 is 22.3 Å². The quantitative estimate of drug-likeness (QED) is 0.366. The third-order valence-corrected chi connectivity index (χ3v) is 4.22. The second kappa shape index (κ2) is 10.8. The van der Waals surface area contributed by atoms with Gasteiger partial charge in [0, 0.05) is 24.7 Å². The van der Waals surface area contributed by atoms with Crippen LogP contribution in [-0.2, 0) is 11.3 Å². The van der Waals surface area contributed by atoms with Crippen molar-refractivity contribution < 1.29 is 26.2 Å². The molecule has 1 aliphatic rings.